The lowest BCUT2D eigenvalue weighted by atomic mass is 9.84. The van der Waals surface area contributed by atoms with Gasteiger partial charge in [0.25, 0.3) is 0 Å². The smallest absolute Gasteiger partial charge is 0.408 e. The fraction of sp³-hybridized carbons (Fsp3) is 0.304. The van der Waals surface area contributed by atoms with Gasteiger partial charge in [-0.15, -0.1) is 0 Å². The van der Waals surface area contributed by atoms with Gasteiger partial charge in [0.15, 0.2) is 0 Å². The molecule has 2 aromatic carbocycles. The Morgan fingerprint density at radius 1 is 1.17 bits per heavy atom. The Labute approximate surface area is 174 Å². The molecule has 30 heavy (non-hydrogen) atoms. The predicted octanol–water partition coefficient (Wildman–Crippen LogP) is 2.68. The lowest BCUT2D eigenvalue weighted by molar-refractivity contribution is -0.133. The summed E-state index contributed by atoms with van der Waals surface area (Å²) >= 11 is 0. The molecule has 0 bridgehead atoms. The van der Waals surface area contributed by atoms with Gasteiger partial charge >= 0.3 is 6.09 Å². The number of benzene rings is 2. The number of nitrogens with zero attached hydrogens (tertiary/aromatic N) is 1. The summed E-state index contributed by atoms with van der Waals surface area (Å²) in [6.45, 7) is 1.52. The van der Waals surface area contributed by atoms with E-state index in [2.05, 4.69) is 10.3 Å². The molecule has 0 saturated heterocycles. The summed E-state index contributed by atoms with van der Waals surface area (Å²) in [5.41, 5.74) is 2.40. The van der Waals surface area contributed by atoms with E-state index in [-0.39, 0.29) is 19.6 Å². The van der Waals surface area contributed by atoms with Crippen molar-refractivity contribution < 1.29 is 19.8 Å². The van der Waals surface area contributed by atoms with Crippen LogP contribution in [0.2, 0.25) is 0 Å². The van der Waals surface area contributed by atoms with E-state index < -0.39 is 23.6 Å². The quantitative estimate of drug-likeness (QED) is 0.522. The number of fused-ring (bicyclic) bond motifs is 3. The first-order chi connectivity index (χ1) is 14.4. The maximum absolute atomic E-state index is 13.3. The van der Waals surface area contributed by atoms with Crippen LogP contribution >= 0.6 is 0 Å². The number of aromatic nitrogens is 1. The molecule has 1 aliphatic heterocycles. The van der Waals surface area contributed by atoms with Crippen LogP contribution in [0.15, 0.2) is 54.6 Å². The number of H-pyrrole nitrogens is 1. The van der Waals surface area contributed by atoms with E-state index in [0.29, 0.717) is 6.42 Å². The lowest BCUT2D eigenvalue weighted by Gasteiger charge is -2.42. The molecule has 2 heterocycles. The van der Waals surface area contributed by atoms with Crippen LogP contribution in [0.4, 0.5) is 4.79 Å². The summed E-state index contributed by atoms with van der Waals surface area (Å²) in [6.07, 6.45) is -0.431. The average Bonchev–Trinajstić information content (AvgIpc) is 3.10. The number of nitrogens with one attached hydrogen (secondary N) is 2. The van der Waals surface area contributed by atoms with E-state index in [1.165, 1.54) is 4.90 Å². The van der Waals surface area contributed by atoms with Gasteiger partial charge in [-0.2, -0.15) is 0 Å². The minimum Gasteiger partial charge on any atom is -0.465 e. The van der Waals surface area contributed by atoms with Crippen molar-refractivity contribution in [2.24, 2.45) is 0 Å². The predicted molar refractivity (Wildman–Crippen MR) is 113 cm³/mol. The number of aliphatic hydroxyl groups excluding tert-OH is 1. The number of rotatable bonds is 5. The van der Waals surface area contributed by atoms with Crippen molar-refractivity contribution in [1.29, 1.82) is 0 Å². The Kier molecular flexibility index (Phi) is 5.22. The van der Waals surface area contributed by atoms with Crippen LogP contribution in [0.5, 0.6) is 0 Å². The molecule has 2 atom stereocenters. The maximum atomic E-state index is 13.3. The molecule has 1 aliphatic rings. The minimum absolute atomic E-state index is 0.103. The van der Waals surface area contributed by atoms with Crippen molar-refractivity contribution in [3.8, 4) is 0 Å². The van der Waals surface area contributed by atoms with Crippen molar-refractivity contribution >= 4 is 22.9 Å². The van der Waals surface area contributed by atoms with Crippen molar-refractivity contribution in [2.45, 2.75) is 37.9 Å². The number of amides is 2. The van der Waals surface area contributed by atoms with E-state index in [1.807, 2.05) is 54.6 Å². The second-order valence-electron chi connectivity index (χ2n) is 7.99. The number of hydrogen-bond donors (Lipinski definition) is 4. The first kappa shape index (κ1) is 20.0. The van der Waals surface area contributed by atoms with Crippen LogP contribution in [0.3, 0.4) is 0 Å². The zero-order chi connectivity index (χ0) is 21.3. The highest BCUT2D eigenvalue weighted by Gasteiger charge is 2.47. The monoisotopic (exact) mass is 407 g/mol. The second kappa shape index (κ2) is 7.84. The Balaban J connectivity index is 1.62. The molecule has 0 saturated carbocycles. The highest BCUT2D eigenvalue weighted by molar-refractivity contribution is 5.93. The zero-order valence-corrected chi connectivity index (χ0v) is 16.8. The highest BCUT2D eigenvalue weighted by atomic mass is 16.4. The number of aromatic amines is 1. The molecule has 0 fully saturated rings. The molecule has 7 heteroatoms. The molecular formula is C23H25N3O4. The molecule has 1 unspecified atom stereocenters. The third kappa shape index (κ3) is 3.52. The fourth-order valence-corrected chi connectivity index (χ4v) is 4.25. The SMILES string of the molecule is C[C@]1(C(=O)NC(CO)Cc2ccccc2)Cc2c([nH]c3ccccc23)CN1C(=O)O. The third-order valence-corrected chi connectivity index (χ3v) is 5.94. The minimum atomic E-state index is -1.28. The highest BCUT2D eigenvalue weighted by Crippen LogP contribution is 2.35. The van der Waals surface area contributed by atoms with Crippen LogP contribution in [0.25, 0.3) is 10.9 Å². The number of hydrogen-bond acceptors (Lipinski definition) is 3. The maximum Gasteiger partial charge on any atom is 0.408 e. The van der Waals surface area contributed by atoms with Gasteiger partial charge in [0.2, 0.25) is 5.91 Å². The lowest BCUT2D eigenvalue weighted by Crippen LogP contribution is -2.63. The summed E-state index contributed by atoms with van der Waals surface area (Å²) < 4.78 is 0. The molecule has 3 aromatic rings. The first-order valence-electron chi connectivity index (χ1n) is 9.97. The molecule has 0 aliphatic carbocycles. The number of para-hydroxylation sites is 1. The van der Waals surface area contributed by atoms with E-state index >= 15 is 0 Å². The molecule has 1 aromatic heterocycles. The van der Waals surface area contributed by atoms with E-state index in [1.54, 1.807) is 6.92 Å². The summed E-state index contributed by atoms with van der Waals surface area (Å²) in [7, 11) is 0. The van der Waals surface area contributed by atoms with Crippen LogP contribution in [-0.2, 0) is 24.2 Å². The van der Waals surface area contributed by atoms with Gasteiger partial charge in [0, 0.05) is 23.0 Å². The summed E-state index contributed by atoms with van der Waals surface area (Å²) in [4.78, 5) is 29.8. The van der Waals surface area contributed by atoms with Gasteiger partial charge in [0.05, 0.1) is 19.2 Å². The fourth-order valence-electron chi connectivity index (χ4n) is 4.25. The topological polar surface area (TPSA) is 106 Å². The Morgan fingerprint density at radius 2 is 1.87 bits per heavy atom. The normalized spacial score (nSPS) is 19.3. The summed E-state index contributed by atoms with van der Waals surface area (Å²) in [5.74, 6) is -0.407. The molecular weight excluding hydrogens is 382 g/mol. The summed E-state index contributed by atoms with van der Waals surface area (Å²) in [5, 5.41) is 23.5. The van der Waals surface area contributed by atoms with Crippen LogP contribution in [0, 0.1) is 0 Å². The van der Waals surface area contributed by atoms with E-state index in [9.17, 15) is 19.8 Å². The molecule has 0 radical (unpaired) electrons. The number of carbonyl (C=O) groups is 2. The molecule has 4 N–H and O–H groups in total. The van der Waals surface area contributed by atoms with Gasteiger partial charge in [-0.25, -0.2) is 4.79 Å². The van der Waals surface area contributed by atoms with Crippen LogP contribution in [-0.4, -0.2) is 50.3 Å². The van der Waals surface area contributed by atoms with Gasteiger partial charge in [-0.1, -0.05) is 48.5 Å². The van der Waals surface area contributed by atoms with Gasteiger partial charge < -0.3 is 20.5 Å². The van der Waals surface area contributed by atoms with Crippen LogP contribution in [0.1, 0.15) is 23.7 Å². The zero-order valence-electron chi connectivity index (χ0n) is 16.8. The van der Waals surface area contributed by atoms with Gasteiger partial charge in [-0.05, 0) is 30.5 Å². The average molecular weight is 407 g/mol. The van der Waals surface area contributed by atoms with Gasteiger partial charge in [-0.3, -0.25) is 9.69 Å². The molecule has 7 nitrogen and oxygen atoms in total. The number of aliphatic hydroxyl groups is 1. The number of carbonyl (C=O) groups excluding carboxylic acids is 1. The number of carboxylic acid groups (broad SMARTS) is 1. The molecule has 2 amide bonds. The Bertz CT molecular complexity index is 1080. The van der Waals surface area contributed by atoms with Crippen LogP contribution < -0.4 is 5.32 Å². The largest absolute Gasteiger partial charge is 0.465 e. The van der Waals surface area contributed by atoms with Crippen molar-refractivity contribution in [1.82, 2.24) is 15.2 Å². The van der Waals surface area contributed by atoms with Crippen molar-refractivity contribution in [3.63, 3.8) is 0 Å². The summed E-state index contributed by atoms with van der Waals surface area (Å²) in [6, 6.07) is 16.8. The third-order valence-electron chi connectivity index (χ3n) is 5.94. The van der Waals surface area contributed by atoms with E-state index in [0.717, 1.165) is 27.7 Å². The van der Waals surface area contributed by atoms with Crippen molar-refractivity contribution in [2.75, 3.05) is 6.61 Å². The van der Waals surface area contributed by atoms with E-state index in [4.69, 9.17) is 0 Å². The Morgan fingerprint density at radius 3 is 2.57 bits per heavy atom. The molecule has 156 valence electrons. The second-order valence-corrected chi connectivity index (χ2v) is 7.99. The van der Waals surface area contributed by atoms with Crippen molar-refractivity contribution in [3.05, 3.63) is 71.4 Å². The molecule has 4 rings (SSSR count). The Hall–Kier alpha value is -3.32. The standard InChI is InChI=1S/C23H25N3O4/c1-23(21(28)24-16(14-27)11-15-7-3-2-4-8-15)12-18-17-9-5-6-10-19(17)25-20(18)13-26(23)22(29)30/h2-10,16,25,27H,11-14H2,1H3,(H,24,28)(H,29,30)/t16?,23-/m1/s1. The van der Waals surface area contributed by atoms with Gasteiger partial charge in [0.1, 0.15) is 5.54 Å². The first-order valence-corrected chi connectivity index (χ1v) is 9.97. The molecule has 0 spiro atoms.